The van der Waals surface area contributed by atoms with E-state index in [1.54, 1.807) is 12.1 Å². The zero-order valence-corrected chi connectivity index (χ0v) is 20.3. The second-order valence-corrected chi connectivity index (χ2v) is 8.89. The number of hydrogen-bond donors (Lipinski definition) is 4. The third kappa shape index (κ3) is 8.44. The molecule has 2 aromatic carbocycles. The third-order valence-corrected chi connectivity index (χ3v) is 6.15. The summed E-state index contributed by atoms with van der Waals surface area (Å²) in [5.41, 5.74) is 0.0977. The van der Waals surface area contributed by atoms with Gasteiger partial charge in [-0.1, -0.05) is 19.3 Å². The number of halogens is 3. The van der Waals surface area contributed by atoms with Crippen molar-refractivity contribution >= 4 is 23.3 Å². The van der Waals surface area contributed by atoms with Crippen LogP contribution >= 0.6 is 0 Å². The van der Waals surface area contributed by atoms with E-state index in [9.17, 15) is 22.8 Å². The average Bonchev–Trinajstić information content (AvgIpc) is 2.86. The first-order valence-corrected chi connectivity index (χ1v) is 12.2. The van der Waals surface area contributed by atoms with Crippen molar-refractivity contribution in [2.75, 3.05) is 37.4 Å². The Balaban J connectivity index is 1.44. The van der Waals surface area contributed by atoms with Gasteiger partial charge >= 0.3 is 12.2 Å². The van der Waals surface area contributed by atoms with Crippen molar-refractivity contribution in [3.8, 4) is 5.75 Å². The van der Waals surface area contributed by atoms with Crippen molar-refractivity contribution < 1.29 is 27.5 Å². The lowest BCUT2D eigenvalue weighted by molar-refractivity contribution is -0.137. The fourth-order valence-electron chi connectivity index (χ4n) is 4.20. The van der Waals surface area contributed by atoms with Crippen molar-refractivity contribution in [3.63, 3.8) is 0 Å². The number of urea groups is 1. The Morgan fingerprint density at radius 2 is 1.61 bits per heavy atom. The highest BCUT2D eigenvalue weighted by molar-refractivity contribution is 6.01. The van der Waals surface area contributed by atoms with Crippen LogP contribution in [-0.4, -0.2) is 38.7 Å². The van der Waals surface area contributed by atoms with Gasteiger partial charge in [0.2, 0.25) is 0 Å². The highest BCUT2D eigenvalue weighted by Gasteiger charge is 2.30. The second-order valence-electron chi connectivity index (χ2n) is 8.89. The van der Waals surface area contributed by atoms with E-state index < -0.39 is 17.8 Å². The van der Waals surface area contributed by atoms with Gasteiger partial charge in [-0.25, -0.2) is 4.79 Å². The number of amides is 3. The minimum Gasteiger partial charge on any atom is -0.496 e. The first-order chi connectivity index (χ1) is 17.3. The van der Waals surface area contributed by atoms with Crippen LogP contribution in [0.5, 0.6) is 5.75 Å². The van der Waals surface area contributed by atoms with Crippen LogP contribution in [-0.2, 0) is 6.18 Å². The first kappa shape index (κ1) is 27.3. The van der Waals surface area contributed by atoms with E-state index in [0.717, 1.165) is 37.6 Å². The van der Waals surface area contributed by atoms with E-state index in [1.165, 1.54) is 57.4 Å². The highest BCUT2D eigenvalue weighted by Crippen LogP contribution is 2.30. The summed E-state index contributed by atoms with van der Waals surface area (Å²) in [6.07, 6.45) is 2.95. The number of hydrogen-bond acceptors (Lipinski definition) is 4. The molecule has 196 valence electrons. The van der Waals surface area contributed by atoms with Gasteiger partial charge in [-0.2, -0.15) is 13.2 Å². The Morgan fingerprint density at radius 1 is 0.944 bits per heavy atom. The van der Waals surface area contributed by atoms with Crippen molar-refractivity contribution in [2.24, 2.45) is 5.92 Å². The SMILES string of the molecule is COc1cc(NC(=O)Nc2ccc(C(F)(F)F)cc2)ccc1C(=O)NCCCNCC1CCCCC1. The molecule has 0 saturated heterocycles. The largest absolute Gasteiger partial charge is 0.496 e. The third-order valence-electron chi connectivity index (χ3n) is 6.15. The topological polar surface area (TPSA) is 91.5 Å². The molecule has 0 aromatic heterocycles. The Bertz CT molecular complexity index is 1010. The van der Waals surface area contributed by atoms with E-state index in [4.69, 9.17) is 4.74 Å². The fraction of sp³-hybridized carbons (Fsp3) is 0.462. The van der Waals surface area contributed by atoms with Gasteiger partial charge < -0.3 is 26.0 Å². The lowest BCUT2D eigenvalue weighted by Crippen LogP contribution is -2.30. The molecule has 0 spiro atoms. The number of rotatable bonds is 10. The number of carbonyl (C=O) groups is 2. The summed E-state index contributed by atoms with van der Waals surface area (Å²) in [5, 5.41) is 11.4. The summed E-state index contributed by atoms with van der Waals surface area (Å²) in [5.74, 6) is 0.775. The van der Waals surface area contributed by atoms with E-state index >= 15 is 0 Å². The molecule has 1 aliphatic rings. The molecule has 0 radical (unpaired) electrons. The highest BCUT2D eigenvalue weighted by atomic mass is 19.4. The van der Waals surface area contributed by atoms with Crippen molar-refractivity contribution in [3.05, 3.63) is 53.6 Å². The van der Waals surface area contributed by atoms with Crippen LogP contribution in [0.2, 0.25) is 0 Å². The molecule has 1 fully saturated rings. The van der Waals surface area contributed by atoms with Crippen LogP contribution in [0.3, 0.4) is 0 Å². The lowest BCUT2D eigenvalue weighted by atomic mass is 9.89. The van der Waals surface area contributed by atoms with Gasteiger partial charge in [0.15, 0.2) is 0 Å². The van der Waals surface area contributed by atoms with Gasteiger partial charge in [0, 0.05) is 24.0 Å². The normalized spacial score (nSPS) is 14.2. The lowest BCUT2D eigenvalue weighted by Gasteiger charge is -2.21. The maximum atomic E-state index is 12.7. The minimum atomic E-state index is -4.45. The number of alkyl halides is 3. The first-order valence-electron chi connectivity index (χ1n) is 12.2. The molecule has 0 heterocycles. The fourth-order valence-corrected chi connectivity index (χ4v) is 4.20. The predicted octanol–water partition coefficient (Wildman–Crippen LogP) is 5.65. The summed E-state index contributed by atoms with van der Waals surface area (Å²) in [7, 11) is 1.42. The van der Waals surface area contributed by atoms with Crippen LogP contribution in [0.25, 0.3) is 0 Å². The van der Waals surface area contributed by atoms with Crippen LogP contribution in [0.1, 0.15) is 54.4 Å². The van der Waals surface area contributed by atoms with Gasteiger partial charge in [-0.15, -0.1) is 0 Å². The predicted molar refractivity (Wildman–Crippen MR) is 133 cm³/mol. The van der Waals surface area contributed by atoms with Crippen LogP contribution in [0, 0.1) is 5.92 Å². The van der Waals surface area contributed by atoms with Crippen LogP contribution in [0.4, 0.5) is 29.3 Å². The number of methoxy groups -OCH3 is 1. The number of carbonyl (C=O) groups excluding carboxylic acids is 2. The van der Waals surface area contributed by atoms with Crippen LogP contribution in [0.15, 0.2) is 42.5 Å². The molecule has 2 aromatic rings. The zero-order chi connectivity index (χ0) is 26.0. The van der Waals surface area contributed by atoms with Gasteiger partial charge in [-0.3, -0.25) is 4.79 Å². The maximum Gasteiger partial charge on any atom is 0.416 e. The number of anilines is 2. The summed E-state index contributed by atoms with van der Waals surface area (Å²) < 4.78 is 43.3. The zero-order valence-electron chi connectivity index (χ0n) is 20.3. The quantitative estimate of drug-likeness (QED) is 0.314. The molecule has 4 N–H and O–H groups in total. The molecule has 0 aliphatic heterocycles. The number of ether oxygens (including phenoxy) is 1. The molecule has 1 saturated carbocycles. The molecular weight excluding hydrogens is 473 g/mol. The van der Waals surface area contributed by atoms with Crippen molar-refractivity contribution in [1.82, 2.24) is 10.6 Å². The smallest absolute Gasteiger partial charge is 0.416 e. The molecule has 0 bridgehead atoms. The molecule has 0 atom stereocenters. The Labute approximate surface area is 209 Å². The Hall–Kier alpha value is -3.27. The molecule has 36 heavy (non-hydrogen) atoms. The number of benzene rings is 2. The molecular formula is C26H33F3N4O3. The summed E-state index contributed by atoms with van der Waals surface area (Å²) in [4.78, 5) is 24.8. The van der Waals surface area contributed by atoms with E-state index in [-0.39, 0.29) is 17.3 Å². The monoisotopic (exact) mass is 506 g/mol. The molecule has 10 heteroatoms. The summed E-state index contributed by atoms with van der Waals surface area (Å²) >= 11 is 0. The maximum absolute atomic E-state index is 12.7. The minimum absolute atomic E-state index is 0.205. The van der Waals surface area contributed by atoms with Gasteiger partial charge in [0.25, 0.3) is 5.91 Å². The van der Waals surface area contributed by atoms with Crippen molar-refractivity contribution in [2.45, 2.75) is 44.7 Å². The Morgan fingerprint density at radius 3 is 2.28 bits per heavy atom. The summed E-state index contributed by atoms with van der Waals surface area (Å²) in [6.45, 7) is 2.39. The van der Waals surface area contributed by atoms with E-state index in [1.807, 2.05) is 0 Å². The molecule has 7 nitrogen and oxygen atoms in total. The van der Waals surface area contributed by atoms with E-state index in [0.29, 0.717) is 17.8 Å². The van der Waals surface area contributed by atoms with E-state index in [2.05, 4.69) is 21.3 Å². The van der Waals surface area contributed by atoms with Crippen LogP contribution < -0.4 is 26.0 Å². The molecule has 0 unspecified atom stereocenters. The molecule has 3 amide bonds. The summed E-state index contributed by atoms with van der Waals surface area (Å²) in [6, 6.07) is 8.07. The molecule has 3 rings (SSSR count). The number of nitrogens with one attached hydrogen (secondary N) is 4. The van der Waals surface area contributed by atoms with Gasteiger partial charge in [-0.05, 0) is 74.7 Å². The Kier molecular flexibility index (Phi) is 9.98. The second kappa shape index (κ2) is 13.2. The van der Waals surface area contributed by atoms with Gasteiger partial charge in [0.05, 0.1) is 18.2 Å². The van der Waals surface area contributed by atoms with Crippen molar-refractivity contribution in [1.29, 1.82) is 0 Å². The van der Waals surface area contributed by atoms with Gasteiger partial charge in [0.1, 0.15) is 5.75 Å². The molecule has 1 aliphatic carbocycles. The standard InChI is InChI=1S/C26H33F3N4O3/c1-36-23-16-21(33-25(35)32-20-10-8-19(9-11-20)26(27,28)29)12-13-22(23)24(34)31-15-5-14-30-17-18-6-3-2-4-7-18/h8-13,16,18,30H,2-7,14-15,17H2,1H3,(H,31,34)(H2,32,33,35). The average molecular weight is 507 g/mol.